The molecule has 1 aromatic heterocycles. The predicted molar refractivity (Wildman–Crippen MR) is 89.4 cm³/mol. The average molecular weight is 347 g/mol. The van der Waals surface area contributed by atoms with E-state index in [4.69, 9.17) is 0 Å². The number of phenolic OH excluding ortho intramolecular Hbond substituents is 1. The van der Waals surface area contributed by atoms with Crippen molar-refractivity contribution in [3.8, 4) is 16.9 Å². The minimum atomic E-state index is -4.56. The summed E-state index contributed by atoms with van der Waals surface area (Å²) in [5.41, 5.74) is 2.93. The molecule has 8 heteroatoms. The number of nitrogens with zero attached hydrogens (tertiary/aromatic N) is 2. The molecule has 0 saturated carbocycles. The standard InChI is InChI=1S/C16H17N3O4S/c1-2-3-5-12-10(8-9-14(20)16(12)24(21,22)23)11-6-4-7-13-15(11)18-19-17-13/h4,6-9,20H,2-3,5H2,1H3,(H,17,18,19)(H,21,22,23). The van der Waals surface area contributed by atoms with Gasteiger partial charge in [-0.05, 0) is 36.1 Å². The molecule has 0 aliphatic heterocycles. The van der Waals surface area contributed by atoms with Gasteiger partial charge in [-0.3, -0.25) is 4.55 Å². The van der Waals surface area contributed by atoms with Crippen molar-refractivity contribution < 1.29 is 18.1 Å². The molecule has 24 heavy (non-hydrogen) atoms. The lowest BCUT2D eigenvalue weighted by Gasteiger charge is -2.15. The van der Waals surface area contributed by atoms with E-state index in [-0.39, 0.29) is 0 Å². The van der Waals surface area contributed by atoms with E-state index in [1.54, 1.807) is 24.3 Å². The monoisotopic (exact) mass is 347 g/mol. The summed E-state index contributed by atoms with van der Waals surface area (Å²) in [6.07, 6.45) is 1.96. The van der Waals surface area contributed by atoms with E-state index in [9.17, 15) is 18.1 Å². The molecule has 0 aliphatic carbocycles. The first kappa shape index (κ1) is 16.4. The first-order valence-corrected chi connectivity index (χ1v) is 8.99. The van der Waals surface area contributed by atoms with Crippen LogP contribution in [0.3, 0.4) is 0 Å². The molecule has 3 aromatic rings. The Morgan fingerprint density at radius 1 is 1.12 bits per heavy atom. The van der Waals surface area contributed by atoms with Crippen LogP contribution < -0.4 is 0 Å². The molecule has 0 fully saturated rings. The van der Waals surface area contributed by atoms with Crippen molar-refractivity contribution in [1.82, 2.24) is 15.4 Å². The number of benzene rings is 2. The zero-order valence-electron chi connectivity index (χ0n) is 13.0. The molecule has 0 bridgehead atoms. The van der Waals surface area contributed by atoms with Gasteiger partial charge in [-0.15, -0.1) is 0 Å². The molecule has 7 nitrogen and oxygen atoms in total. The number of unbranched alkanes of at least 4 members (excludes halogenated alkanes) is 1. The average Bonchev–Trinajstić information content (AvgIpc) is 3.00. The summed E-state index contributed by atoms with van der Waals surface area (Å²) in [6, 6.07) is 8.30. The molecule has 3 rings (SSSR count). The van der Waals surface area contributed by atoms with E-state index < -0.39 is 20.8 Å². The highest BCUT2D eigenvalue weighted by Gasteiger charge is 2.24. The molecule has 1 heterocycles. The van der Waals surface area contributed by atoms with Gasteiger partial charge >= 0.3 is 0 Å². The first-order chi connectivity index (χ1) is 11.4. The Labute approximate surface area is 139 Å². The number of H-pyrrole nitrogens is 1. The summed E-state index contributed by atoms with van der Waals surface area (Å²) in [4.78, 5) is -0.436. The molecular weight excluding hydrogens is 330 g/mol. The molecule has 3 N–H and O–H groups in total. The third-order valence-electron chi connectivity index (χ3n) is 3.92. The van der Waals surface area contributed by atoms with Crippen molar-refractivity contribution >= 4 is 21.2 Å². The molecule has 0 saturated heterocycles. The number of aromatic hydroxyl groups is 1. The van der Waals surface area contributed by atoms with Crippen LogP contribution in [0.25, 0.3) is 22.2 Å². The van der Waals surface area contributed by atoms with Crippen molar-refractivity contribution in [2.75, 3.05) is 0 Å². The third-order valence-corrected chi connectivity index (χ3v) is 4.89. The zero-order chi connectivity index (χ0) is 17.3. The Hall–Kier alpha value is -2.45. The number of hydrogen-bond acceptors (Lipinski definition) is 5. The molecule has 0 unspecified atom stereocenters. The van der Waals surface area contributed by atoms with Crippen molar-refractivity contribution in [2.24, 2.45) is 0 Å². The van der Waals surface area contributed by atoms with Gasteiger partial charge < -0.3 is 5.11 Å². The lowest BCUT2D eigenvalue weighted by molar-refractivity contribution is 0.441. The Kier molecular flexibility index (Phi) is 4.25. The van der Waals surface area contributed by atoms with Crippen LogP contribution in [0.4, 0.5) is 0 Å². The molecule has 0 radical (unpaired) electrons. The maximum atomic E-state index is 11.8. The van der Waals surface area contributed by atoms with Crippen molar-refractivity contribution in [1.29, 1.82) is 0 Å². The third kappa shape index (κ3) is 2.85. The molecule has 0 atom stereocenters. The highest BCUT2D eigenvalue weighted by atomic mass is 32.2. The van der Waals surface area contributed by atoms with Gasteiger partial charge in [0.05, 0.1) is 0 Å². The van der Waals surface area contributed by atoms with E-state index in [1.165, 1.54) is 6.07 Å². The fourth-order valence-corrected chi connectivity index (χ4v) is 3.70. The van der Waals surface area contributed by atoms with Gasteiger partial charge in [0.2, 0.25) is 0 Å². The van der Waals surface area contributed by atoms with Crippen LogP contribution >= 0.6 is 0 Å². The lowest BCUT2D eigenvalue weighted by atomic mass is 9.95. The Morgan fingerprint density at radius 3 is 2.62 bits per heavy atom. The van der Waals surface area contributed by atoms with E-state index in [2.05, 4.69) is 15.4 Å². The Morgan fingerprint density at radius 2 is 1.92 bits per heavy atom. The number of aromatic amines is 1. The van der Waals surface area contributed by atoms with Gasteiger partial charge in [0.15, 0.2) is 0 Å². The van der Waals surface area contributed by atoms with Crippen molar-refractivity contribution in [2.45, 2.75) is 31.1 Å². The zero-order valence-corrected chi connectivity index (χ0v) is 13.8. The number of aromatic nitrogens is 3. The second-order valence-corrected chi connectivity index (χ2v) is 6.87. The van der Waals surface area contributed by atoms with Crippen LogP contribution in [0, 0.1) is 0 Å². The summed E-state index contributed by atoms with van der Waals surface area (Å²) >= 11 is 0. The highest BCUT2D eigenvalue weighted by Crippen LogP contribution is 2.37. The summed E-state index contributed by atoms with van der Waals surface area (Å²) in [5.74, 6) is -0.459. The SMILES string of the molecule is CCCCc1c(-c2cccc3n[nH]nc23)ccc(O)c1S(=O)(=O)O. The number of phenols is 1. The van der Waals surface area contributed by atoms with E-state index in [1.807, 2.05) is 6.92 Å². The van der Waals surface area contributed by atoms with Gasteiger partial charge in [0.25, 0.3) is 10.1 Å². The fraction of sp³-hybridized carbons (Fsp3) is 0.250. The molecule has 0 spiro atoms. The van der Waals surface area contributed by atoms with Crippen LogP contribution in [0.1, 0.15) is 25.3 Å². The van der Waals surface area contributed by atoms with E-state index in [0.29, 0.717) is 40.6 Å². The number of nitrogens with one attached hydrogen (secondary N) is 1. The van der Waals surface area contributed by atoms with Crippen LogP contribution in [-0.2, 0) is 16.5 Å². The van der Waals surface area contributed by atoms with Crippen LogP contribution in [-0.4, -0.2) is 33.5 Å². The second-order valence-electron chi connectivity index (χ2n) is 5.52. The number of rotatable bonds is 5. The van der Waals surface area contributed by atoms with Crippen molar-refractivity contribution in [3.05, 3.63) is 35.9 Å². The fourth-order valence-electron chi connectivity index (χ4n) is 2.84. The second kappa shape index (κ2) is 6.21. The summed E-state index contributed by atoms with van der Waals surface area (Å²) in [7, 11) is -4.56. The largest absolute Gasteiger partial charge is 0.506 e. The normalized spacial score (nSPS) is 11.9. The van der Waals surface area contributed by atoms with Gasteiger partial charge in [0, 0.05) is 5.56 Å². The number of para-hydroxylation sites is 1. The Balaban J connectivity index is 2.34. The molecular formula is C16H17N3O4S. The van der Waals surface area contributed by atoms with Crippen LogP contribution in [0.2, 0.25) is 0 Å². The maximum Gasteiger partial charge on any atom is 0.298 e. The van der Waals surface area contributed by atoms with E-state index in [0.717, 1.165) is 6.42 Å². The quantitative estimate of drug-likeness (QED) is 0.611. The molecule has 2 aromatic carbocycles. The Bertz CT molecular complexity index is 996. The smallest absolute Gasteiger partial charge is 0.298 e. The van der Waals surface area contributed by atoms with E-state index >= 15 is 0 Å². The highest BCUT2D eigenvalue weighted by molar-refractivity contribution is 7.86. The molecule has 0 amide bonds. The van der Waals surface area contributed by atoms with Gasteiger partial charge in [0.1, 0.15) is 21.7 Å². The molecule has 0 aliphatic rings. The minimum absolute atomic E-state index is 0.384. The summed E-state index contributed by atoms with van der Waals surface area (Å²) < 4.78 is 33.2. The van der Waals surface area contributed by atoms with Gasteiger partial charge in [-0.1, -0.05) is 31.5 Å². The number of hydrogen-bond donors (Lipinski definition) is 3. The van der Waals surface area contributed by atoms with Gasteiger partial charge in [-0.25, -0.2) is 0 Å². The lowest BCUT2D eigenvalue weighted by Crippen LogP contribution is -2.06. The van der Waals surface area contributed by atoms with Crippen LogP contribution in [0.5, 0.6) is 5.75 Å². The van der Waals surface area contributed by atoms with Crippen molar-refractivity contribution in [3.63, 3.8) is 0 Å². The van der Waals surface area contributed by atoms with Gasteiger partial charge in [-0.2, -0.15) is 23.8 Å². The first-order valence-electron chi connectivity index (χ1n) is 7.55. The summed E-state index contributed by atoms with van der Waals surface area (Å²) in [5, 5.41) is 20.7. The maximum absolute atomic E-state index is 11.8. The topological polar surface area (TPSA) is 116 Å². The molecule has 126 valence electrons. The number of fused-ring (bicyclic) bond motifs is 1. The minimum Gasteiger partial charge on any atom is -0.506 e. The predicted octanol–water partition coefficient (Wildman–Crippen LogP) is 2.92. The van der Waals surface area contributed by atoms with Crippen LogP contribution in [0.15, 0.2) is 35.2 Å². The summed E-state index contributed by atoms with van der Waals surface area (Å²) in [6.45, 7) is 1.98.